The van der Waals surface area contributed by atoms with Crippen LogP contribution in [0, 0.1) is 11.6 Å². The molecule has 23 heavy (non-hydrogen) atoms. The van der Waals surface area contributed by atoms with Crippen LogP contribution >= 0.6 is 24.2 Å². The Morgan fingerprint density at radius 1 is 1.30 bits per heavy atom. The normalized spacial score (nSPS) is 13.6. The highest BCUT2D eigenvalue weighted by Crippen LogP contribution is 2.34. The zero-order valence-corrected chi connectivity index (χ0v) is 13.6. The molecule has 120 valence electrons. The molecule has 1 aliphatic rings. The molecule has 0 atom stereocenters. The number of carbonyl (C=O) groups is 1. The summed E-state index contributed by atoms with van der Waals surface area (Å²) >= 11 is 10.6. The number of allylic oxidation sites excluding steroid dienone is 1. The van der Waals surface area contributed by atoms with Gasteiger partial charge in [-0.15, -0.1) is 12.6 Å². The topological polar surface area (TPSA) is 34.0 Å². The number of anilines is 1. The van der Waals surface area contributed by atoms with Gasteiger partial charge in [-0.25, -0.2) is 8.78 Å². The summed E-state index contributed by atoms with van der Waals surface area (Å²) in [6.45, 7) is 0.628. The van der Waals surface area contributed by atoms with E-state index in [1.54, 1.807) is 4.57 Å². The fourth-order valence-electron chi connectivity index (χ4n) is 2.54. The quantitative estimate of drug-likeness (QED) is 0.748. The molecule has 0 radical (unpaired) electrons. The number of amides is 1. The minimum Gasteiger partial charge on any atom is -0.335 e. The summed E-state index contributed by atoms with van der Waals surface area (Å²) in [6.07, 6.45) is 5.66. The van der Waals surface area contributed by atoms with Crippen LogP contribution in [0.2, 0.25) is 5.02 Å². The molecule has 1 amide bonds. The summed E-state index contributed by atoms with van der Waals surface area (Å²) in [6, 6.07) is 3.17. The maximum absolute atomic E-state index is 13.3. The van der Waals surface area contributed by atoms with Crippen molar-refractivity contribution in [3.05, 3.63) is 52.3 Å². The fraction of sp³-hybridized carbons (Fsp3) is 0.188. The smallest absolute Gasteiger partial charge is 0.273 e. The van der Waals surface area contributed by atoms with Crippen LogP contribution < -0.4 is 5.32 Å². The number of nitrogens with one attached hydrogen (secondary N) is 1. The van der Waals surface area contributed by atoms with E-state index >= 15 is 0 Å². The molecule has 1 aromatic heterocycles. The first-order valence-corrected chi connectivity index (χ1v) is 7.85. The molecule has 3 nitrogen and oxygen atoms in total. The molecule has 0 saturated carbocycles. The number of halogens is 3. The number of aromatic nitrogens is 1. The standard InChI is InChI=1S/C16H13ClF2N2OS/c17-13-14(21-7-3-1-2-4-12(21)15(13)23)16(22)20-9-5-6-10(18)11(19)8-9/h2,4-6,8,23H,1,3,7H2,(H,20,22). The van der Waals surface area contributed by atoms with Gasteiger partial charge in [0.2, 0.25) is 0 Å². The first-order valence-electron chi connectivity index (χ1n) is 7.03. The lowest BCUT2D eigenvalue weighted by molar-refractivity contribution is 0.101. The maximum Gasteiger partial charge on any atom is 0.273 e. The summed E-state index contributed by atoms with van der Waals surface area (Å²) in [5.41, 5.74) is 1.19. The van der Waals surface area contributed by atoms with E-state index in [4.69, 9.17) is 11.6 Å². The van der Waals surface area contributed by atoms with Crippen LogP contribution in [0.1, 0.15) is 29.0 Å². The van der Waals surface area contributed by atoms with Crippen molar-refractivity contribution < 1.29 is 13.6 Å². The van der Waals surface area contributed by atoms with Gasteiger partial charge in [0.1, 0.15) is 5.69 Å². The summed E-state index contributed by atoms with van der Waals surface area (Å²) in [5, 5.41) is 2.79. The third kappa shape index (κ3) is 3.01. The molecule has 2 heterocycles. The van der Waals surface area contributed by atoms with Gasteiger partial charge in [0.15, 0.2) is 11.6 Å². The Morgan fingerprint density at radius 2 is 2.09 bits per heavy atom. The molecular formula is C16H13ClF2N2OS. The molecule has 0 fully saturated rings. The van der Waals surface area contributed by atoms with Crippen molar-refractivity contribution in [3.63, 3.8) is 0 Å². The molecule has 0 saturated heterocycles. The van der Waals surface area contributed by atoms with E-state index in [-0.39, 0.29) is 16.4 Å². The van der Waals surface area contributed by atoms with Gasteiger partial charge in [-0.05, 0) is 31.1 Å². The second-order valence-corrected chi connectivity index (χ2v) is 6.00. The molecule has 7 heteroatoms. The lowest BCUT2D eigenvalue weighted by Crippen LogP contribution is -2.18. The molecule has 1 N–H and O–H groups in total. The first-order chi connectivity index (χ1) is 11.0. The monoisotopic (exact) mass is 354 g/mol. The van der Waals surface area contributed by atoms with Crippen LogP contribution in [0.25, 0.3) is 6.08 Å². The van der Waals surface area contributed by atoms with Crippen LogP contribution in [0.3, 0.4) is 0 Å². The van der Waals surface area contributed by atoms with Gasteiger partial charge >= 0.3 is 0 Å². The number of hydrogen-bond donors (Lipinski definition) is 2. The highest BCUT2D eigenvalue weighted by Gasteiger charge is 2.24. The molecule has 0 aliphatic carbocycles. The van der Waals surface area contributed by atoms with E-state index in [0.717, 1.165) is 30.7 Å². The van der Waals surface area contributed by atoms with Gasteiger partial charge in [-0.1, -0.05) is 17.7 Å². The molecular weight excluding hydrogens is 342 g/mol. The Labute approximate surface area is 142 Å². The molecule has 0 spiro atoms. The summed E-state index contributed by atoms with van der Waals surface area (Å²) < 4.78 is 28.0. The molecule has 1 aromatic carbocycles. The third-order valence-corrected chi connectivity index (χ3v) is 4.59. The Balaban J connectivity index is 1.97. The van der Waals surface area contributed by atoms with Crippen molar-refractivity contribution in [3.8, 4) is 0 Å². The lowest BCUT2D eigenvalue weighted by Gasteiger charge is -2.11. The van der Waals surface area contributed by atoms with Crippen molar-refractivity contribution >= 4 is 41.9 Å². The average Bonchev–Trinajstić information content (AvgIpc) is 2.69. The van der Waals surface area contributed by atoms with E-state index in [9.17, 15) is 13.6 Å². The number of benzene rings is 1. The van der Waals surface area contributed by atoms with Crippen molar-refractivity contribution in [2.75, 3.05) is 5.32 Å². The van der Waals surface area contributed by atoms with E-state index in [0.29, 0.717) is 11.4 Å². The molecule has 2 aromatic rings. The number of fused-ring (bicyclic) bond motifs is 1. The molecule has 0 bridgehead atoms. The Kier molecular flexibility index (Phi) is 4.46. The minimum atomic E-state index is -1.03. The third-order valence-electron chi connectivity index (χ3n) is 3.64. The molecule has 1 aliphatic heterocycles. The number of hydrogen-bond acceptors (Lipinski definition) is 2. The second kappa shape index (κ2) is 6.37. The van der Waals surface area contributed by atoms with Crippen molar-refractivity contribution in [1.82, 2.24) is 4.57 Å². The van der Waals surface area contributed by atoms with Gasteiger partial charge in [-0.2, -0.15) is 0 Å². The number of carbonyl (C=O) groups excluding carboxylic acids is 1. The Morgan fingerprint density at radius 3 is 2.83 bits per heavy atom. The van der Waals surface area contributed by atoms with Gasteiger partial charge in [-0.3, -0.25) is 4.79 Å². The lowest BCUT2D eigenvalue weighted by atomic mass is 10.2. The van der Waals surface area contributed by atoms with Crippen molar-refractivity contribution in [2.24, 2.45) is 0 Å². The van der Waals surface area contributed by atoms with Gasteiger partial charge in [0, 0.05) is 23.2 Å². The van der Waals surface area contributed by atoms with Gasteiger partial charge in [0.25, 0.3) is 5.91 Å². The molecule has 3 rings (SSSR count). The van der Waals surface area contributed by atoms with Gasteiger partial charge in [0.05, 0.1) is 10.7 Å². The zero-order chi connectivity index (χ0) is 16.6. The average molecular weight is 355 g/mol. The highest BCUT2D eigenvalue weighted by atomic mass is 35.5. The van der Waals surface area contributed by atoms with Crippen LogP contribution in [0.15, 0.2) is 29.2 Å². The Bertz CT molecular complexity index is 817. The maximum atomic E-state index is 13.3. The first kappa shape index (κ1) is 16.1. The fourth-order valence-corrected chi connectivity index (χ4v) is 3.13. The minimum absolute atomic E-state index is 0.158. The largest absolute Gasteiger partial charge is 0.335 e. The zero-order valence-electron chi connectivity index (χ0n) is 11.9. The number of nitrogens with zero attached hydrogens (tertiary/aromatic N) is 1. The highest BCUT2D eigenvalue weighted by molar-refractivity contribution is 7.80. The predicted molar refractivity (Wildman–Crippen MR) is 89.3 cm³/mol. The van der Waals surface area contributed by atoms with Crippen LogP contribution in [-0.4, -0.2) is 10.5 Å². The van der Waals surface area contributed by atoms with E-state index < -0.39 is 17.5 Å². The van der Waals surface area contributed by atoms with Crippen molar-refractivity contribution in [2.45, 2.75) is 24.3 Å². The summed E-state index contributed by atoms with van der Waals surface area (Å²) in [4.78, 5) is 13.1. The number of rotatable bonds is 2. The van der Waals surface area contributed by atoms with Crippen LogP contribution in [0.4, 0.5) is 14.5 Å². The summed E-state index contributed by atoms with van der Waals surface area (Å²) in [7, 11) is 0. The number of thiol groups is 1. The van der Waals surface area contributed by atoms with Gasteiger partial charge < -0.3 is 9.88 Å². The summed E-state index contributed by atoms with van der Waals surface area (Å²) in [5.74, 6) is -2.49. The Hall–Kier alpha value is -1.79. The second-order valence-electron chi connectivity index (χ2n) is 5.18. The SMILES string of the molecule is O=C(Nc1ccc(F)c(F)c1)c1c(Cl)c(S)c2n1CCCC=C2. The van der Waals surface area contributed by atoms with E-state index in [1.165, 1.54) is 6.07 Å². The predicted octanol–water partition coefficient (Wildman–Crippen LogP) is 4.77. The van der Waals surface area contributed by atoms with Crippen molar-refractivity contribution in [1.29, 1.82) is 0 Å². The van der Waals surface area contributed by atoms with E-state index in [2.05, 4.69) is 17.9 Å². The van der Waals surface area contributed by atoms with Crippen LogP contribution in [-0.2, 0) is 6.54 Å². The molecule has 0 unspecified atom stereocenters. The van der Waals surface area contributed by atoms with Crippen LogP contribution in [0.5, 0.6) is 0 Å². The van der Waals surface area contributed by atoms with E-state index in [1.807, 2.05) is 12.2 Å².